The van der Waals surface area contributed by atoms with Crippen LogP contribution in [0.15, 0.2) is 48.5 Å². The summed E-state index contributed by atoms with van der Waals surface area (Å²) in [5.74, 6) is -0.221. The smallest absolute Gasteiger partial charge is 0.161 e. The Morgan fingerprint density at radius 2 is 1.83 bits per heavy atom. The first kappa shape index (κ1) is 17.8. The van der Waals surface area contributed by atoms with E-state index in [9.17, 15) is 15.0 Å². The number of hydrogen-bond donors (Lipinski definition) is 1. The van der Waals surface area contributed by atoms with Gasteiger partial charge >= 0.3 is 0 Å². The first-order valence-corrected chi connectivity index (χ1v) is 7.91. The predicted octanol–water partition coefficient (Wildman–Crippen LogP) is 1.71. The van der Waals surface area contributed by atoms with Gasteiger partial charge in [0.25, 0.3) is 0 Å². The maximum Gasteiger partial charge on any atom is 0.161 e. The third-order valence-electron chi connectivity index (χ3n) is 3.52. The first-order valence-electron chi connectivity index (χ1n) is 7.91. The van der Waals surface area contributed by atoms with Crippen LogP contribution in [0.4, 0.5) is 0 Å². The van der Waals surface area contributed by atoms with Gasteiger partial charge in [-0.1, -0.05) is 36.4 Å². The van der Waals surface area contributed by atoms with Crippen LogP contribution in [0.2, 0.25) is 0 Å². The molecule has 2 aromatic rings. The second-order valence-electron chi connectivity index (χ2n) is 5.36. The van der Waals surface area contributed by atoms with Crippen molar-refractivity contribution in [3.05, 3.63) is 59.7 Å². The maximum atomic E-state index is 10.6. The number of aliphatic hydroxyl groups is 1. The van der Waals surface area contributed by atoms with Gasteiger partial charge in [0.1, 0.15) is 6.61 Å². The third kappa shape index (κ3) is 5.28. The van der Waals surface area contributed by atoms with Crippen LogP contribution in [0, 0.1) is 0 Å². The zero-order valence-electron chi connectivity index (χ0n) is 13.6. The summed E-state index contributed by atoms with van der Waals surface area (Å²) < 4.78 is 11.4. The predicted molar refractivity (Wildman–Crippen MR) is 87.7 cm³/mol. The Morgan fingerprint density at radius 1 is 1.08 bits per heavy atom. The molecular formula is C19H21O5-. The summed E-state index contributed by atoms with van der Waals surface area (Å²) in [4.78, 5) is 10.6. The van der Waals surface area contributed by atoms with Crippen molar-refractivity contribution >= 4 is 5.97 Å². The standard InChI is InChI=1S/C19H22O5/c1-2-23-18-12-14(8-10-16(20)19(21)22)9-11-17(18)24-13-15-6-4-3-5-7-15/h3-7,9,11-12,16,20H,2,8,10,13H2,1H3,(H,21,22)/p-1. The molecule has 2 rings (SSSR count). The van der Waals surface area contributed by atoms with Gasteiger partial charge < -0.3 is 24.5 Å². The molecule has 1 atom stereocenters. The topological polar surface area (TPSA) is 78.8 Å². The Hall–Kier alpha value is -2.53. The number of carbonyl (C=O) groups is 1. The van der Waals surface area contributed by atoms with Crippen LogP contribution in [-0.4, -0.2) is 23.8 Å². The maximum absolute atomic E-state index is 10.6. The molecular weight excluding hydrogens is 308 g/mol. The van der Waals surface area contributed by atoms with E-state index in [1.807, 2.05) is 49.4 Å². The highest BCUT2D eigenvalue weighted by Gasteiger charge is 2.10. The van der Waals surface area contributed by atoms with Crippen molar-refractivity contribution in [3.63, 3.8) is 0 Å². The van der Waals surface area contributed by atoms with Crippen LogP contribution < -0.4 is 14.6 Å². The van der Waals surface area contributed by atoms with Crippen LogP contribution >= 0.6 is 0 Å². The lowest BCUT2D eigenvalue weighted by Gasteiger charge is -2.15. The molecule has 0 aliphatic carbocycles. The highest BCUT2D eigenvalue weighted by atomic mass is 16.5. The number of aliphatic hydroxyl groups excluding tert-OH is 1. The molecule has 0 saturated carbocycles. The summed E-state index contributed by atoms with van der Waals surface area (Å²) in [5.41, 5.74) is 1.92. The van der Waals surface area contributed by atoms with Gasteiger partial charge in [0.15, 0.2) is 11.5 Å². The van der Waals surface area contributed by atoms with E-state index >= 15 is 0 Å². The molecule has 2 aromatic carbocycles. The number of ether oxygens (including phenoxy) is 2. The van der Waals surface area contributed by atoms with E-state index in [1.165, 1.54) is 0 Å². The quantitative estimate of drug-likeness (QED) is 0.758. The van der Waals surface area contributed by atoms with Crippen molar-refractivity contribution in [1.82, 2.24) is 0 Å². The van der Waals surface area contributed by atoms with Gasteiger partial charge in [0, 0.05) is 0 Å². The molecule has 5 heteroatoms. The number of aliphatic carboxylic acids is 1. The molecule has 0 aliphatic rings. The molecule has 0 aromatic heterocycles. The van der Waals surface area contributed by atoms with Gasteiger partial charge in [-0.3, -0.25) is 0 Å². The lowest BCUT2D eigenvalue weighted by atomic mass is 10.1. The molecule has 0 amide bonds. The molecule has 1 unspecified atom stereocenters. The molecule has 0 radical (unpaired) electrons. The van der Waals surface area contributed by atoms with Crippen molar-refractivity contribution < 1.29 is 24.5 Å². The van der Waals surface area contributed by atoms with Crippen molar-refractivity contribution in [2.45, 2.75) is 32.5 Å². The average Bonchev–Trinajstić information content (AvgIpc) is 2.60. The molecule has 24 heavy (non-hydrogen) atoms. The number of carbonyl (C=O) groups excluding carboxylic acids is 1. The Morgan fingerprint density at radius 3 is 2.50 bits per heavy atom. The molecule has 0 bridgehead atoms. The number of carboxylic acid groups (broad SMARTS) is 1. The second-order valence-corrected chi connectivity index (χ2v) is 5.36. The van der Waals surface area contributed by atoms with E-state index in [0.29, 0.717) is 31.1 Å². The minimum Gasteiger partial charge on any atom is -0.547 e. The van der Waals surface area contributed by atoms with E-state index in [-0.39, 0.29) is 6.42 Å². The van der Waals surface area contributed by atoms with Crippen LogP contribution in [0.3, 0.4) is 0 Å². The van der Waals surface area contributed by atoms with E-state index in [4.69, 9.17) is 9.47 Å². The van der Waals surface area contributed by atoms with Crippen molar-refractivity contribution in [2.75, 3.05) is 6.61 Å². The zero-order chi connectivity index (χ0) is 17.4. The Labute approximate surface area is 141 Å². The highest BCUT2D eigenvalue weighted by Crippen LogP contribution is 2.29. The van der Waals surface area contributed by atoms with E-state index < -0.39 is 12.1 Å². The fourth-order valence-electron chi connectivity index (χ4n) is 2.25. The van der Waals surface area contributed by atoms with Crippen molar-refractivity contribution in [3.8, 4) is 11.5 Å². The van der Waals surface area contributed by atoms with Gasteiger partial charge in [-0.15, -0.1) is 0 Å². The number of carboxylic acids is 1. The van der Waals surface area contributed by atoms with E-state index in [2.05, 4.69) is 0 Å². The Balaban J connectivity index is 2.04. The summed E-state index contributed by atoms with van der Waals surface area (Å²) in [6, 6.07) is 15.3. The largest absolute Gasteiger partial charge is 0.547 e. The lowest BCUT2D eigenvalue weighted by molar-refractivity contribution is -0.315. The second kappa shape index (κ2) is 8.93. The molecule has 0 saturated heterocycles. The highest BCUT2D eigenvalue weighted by molar-refractivity contribution is 5.69. The molecule has 1 N–H and O–H groups in total. The normalized spacial score (nSPS) is 11.8. The van der Waals surface area contributed by atoms with Gasteiger partial charge in [-0.25, -0.2) is 0 Å². The van der Waals surface area contributed by atoms with Crippen molar-refractivity contribution in [1.29, 1.82) is 0 Å². The Bertz CT molecular complexity index is 654. The van der Waals surface area contributed by atoms with Crippen LogP contribution in [0.5, 0.6) is 11.5 Å². The summed E-state index contributed by atoms with van der Waals surface area (Å²) in [6.07, 6.45) is -0.957. The minimum absolute atomic E-state index is 0.0954. The van der Waals surface area contributed by atoms with E-state index in [0.717, 1.165) is 11.1 Å². The van der Waals surface area contributed by atoms with Gasteiger partial charge in [-0.2, -0.15) is 0 Å². The van der Waals surface area contributed by atoms with Gasteiger partial charge in [0.2, 0.25) is 0 Å². The fraction of sp³-hybridized carbons (Fsp3) is 0.316. The number of hydrogen-bond acceptors (Lipinski definition) is 5. The minimum atomic E-state index is -1.46. The van der Waals surface area contributed by atoms with Crippen molar-refractivity contribution in [2.24, 2.45) is 0 Å². The van der Waals surface area contributed by atoms with Gasteiger partial charge in [-0.05, 0) is 43.0 Å². The molecule has 0 aliphatic heterocycles. The molecule has 128 valence electrons. The van der Waals surface area contributed by atoms with Crippen LogP contribution in [-0.2, 0) is 17.8 Å². The van der Waals surface area contributed by atoms with Gasteiger partial charge in [0.05, 0.1) is 18.7 Å². The lowest BCUT2D eigenvalue weighted by Crippen LogP contribution is -2.35. The monoisotopic (exact) mass is 329 g/mol. The molecule has 0 spiro atoms. The number of benzene rings is 2. The molecule has 0 fully saturated rings. The van der Waals surface area contributed by atoms with E-state index in [1.54, 1.807) is 6.07 Å². The molecule has 0 heterocycles. The summed E-state index contributed by atoms with van der Waals surface area (Å²) >= 11 is 0. The first-order chi connectivity index (χ1) is 11.6. The average molecular weight is 329 g/mol. The van der Waals surface area contributed by atoms with Crippen LogP contribution in [0.1, 0.15) is 24.5 Å². The Kier molecular flexibility index (Phi) is 6.63. The molecule has 5 nitrogen and oxygen atoms in total. The third-order valence-corrected chi connectivity index (χ3v) is 3.52. The fourth-order valence-corrected chi connectivity index (χ4v) is 2.25. The SMILES string of the molecule is CCOc1cc(CCC(O)C(=O)[O-])ccc1OCc1ccccc1. The van der Waals surface area contributed by atoms with Crippen LogP contribution in [0.25, 0.3) is 0 Å². The summed E-state index contributed by atoms with van der Waals surface area (Å²) in [7, 11) is 0. The number of aryl methyl sites for hydroxylation is 1. The summed E-state index contributed by atoms with van der Waals surface area (Å²) in [5, 5.41) is 19.9. The number of rotatable bonds is 9. The zero-order valence-corrected chi connectivity index (χ0v) is 13.6. The summed E-state index contributed by atoms with van der Waals surface area (Å²) in [6.45, 7) is 2.81.